The summed E-state index contributed by atoms with van der Waals surface area (Å²) in [6.45, 7) is 5.22. The molecule has 0 fully saturated rings. The minimum Gasteiger partial charge on any atom is -0.336 e. The average molecular weight is 340 g/mol. The lowest BCUT2D eigenvalue weighted by Crippen LogP contribution is -2.31. The second-order valence-corrected chi connectivity index (χ2v) is 6.44. The Kier molecular flexibility index (Phi) is 4.96. The third kappa shape index (κ3) is 4.02. The summed E-state index contributed by atoms with van der Waals surface area (Å²) in [4.78, 5) is 11.9. The fourth-order valence-electron chi connectivity index (χ4n) is 2.33. The van der Waals surface area contributed by atoms with Crippen molar-refractivity contribution < 1.29 is 4.79 Å². The highest BCUT2D eigenvalue weighted by Gasteiger charge is 2.04. The van der Waals surface area contributed by atoms with Crippen LogP contribution < -0.4 is 10.6 Å². The lowest BCUT2D eigenvalue weighted by molar-refractivity contribution is 0.251. The number of amides is 2. The van der Waals surface area contributed by atoms with Gasteiger partial charge < -0.3 is 10.6 Å². The lowest BCUT2D eigenvalue weighted by atomic mass is 10.1. The van der Waals surface area contributed by atoms with Gasteiger partial charge in [0.2, 0.25) is 0 Å². The van der Waals surface area contributed by atoms with Crippen LogP contribution in [0.2, 0.25) is 0 Å². The highest BCUT2D eigenvalue weighted by molar-refractivity contribution is 7.08. The van der Waals surface area contributed by atoms with Gasteiger partial charge in [-0.25, -0.2) is 4.79 Å². The summed E-state index contributed by atoms with van der Waals surface area (Å²) in [6, 6.07) is 9.70. The number of nitrogens with zero attached hydrogens (tertiary/aromatic N) is 2. The van der Waals surface area contributed by atoms with Gasteiger partial charge in [0.05, 0.1) is 12.2 Å². The lowest BCUT2D eigenvalue weighted by Gasteiger charge is -2.09. The van der Waals surface area contributed by atoms with Crippen LogP contribution in [0.3, 0.4) is 0 Å². The Balaban J connectivity index is 1.47. The van der Waals surface area contributed by atoms with Gasteiger partial charge in [-0.2, -0.15) is 16.4 Å². The quantitative estimate of drug-likeness (QED) is 0.736. The minimum atomic E-state index is -0.205. The van der Waals surface area contributed by atoms with E-state index in [9.17, 15) is 4.79 Å². The Morgan fingerprint density at radius 1 is 1.21 bits per heavy atom. The van der Waals surface area contributed by atoms with E-state index in [0.717, 1.165) is 22.5 Å². The fraction of sp³-hybridized carbons (Fsp3) is 0.222. The number of aromatic nitrogens is 2. The molecule has 2 aromatic heterocycles. The van der Waals surface area contributed by atoms with Crippen molar-refractivity contribution >= 4 is 23.1 Å². The largest absolute Gasteiger partial charge is 0.336 e. The molecule has 0 spiro atoms. The van der Waals surface area contributed by atoms with E-state index in [1.807, 2.05) is 60.4 Å². The number of hydrogen-bond acceptors (Lipinski definition) is 3. The third-order valence-electron chi connectivity index (χ3n) is 3.85. The van der Waals surface area contributed by atoms with Crippen LogP contribution in [0, 0.1) is 13.8 Å². The molecule has 0 unspecified atom stereocenters. The number of benzene rings is 1. The molecule has 2 heterocycles. The standard InChI is InChI=1S/C18H20N4OS/c1-13-3-4-16(11-14(13)2)20-18(23)19-7-9-22-8-5-17(21-22)15-6-10-24-12-15/h3-6,8,10-12H,7,9H2,1-2H3,(H2,19,20,23). The van der Waals surface area contributed by atoms with E-state index >= 15 is 0 Å². The normalized spacial score (nSPS) is 10.6. The summed E-state index contributed by atoms with van der Waals surface area (Å²) in [7, 11) is 0. The van der Waals surface area contributed by atoms with Crippen molar-refractivity contribution in [3.63, 3.8) is 0 Å². The van der Waals surface area contributed by atoms with Crippen molar-refractivity contribution in [2.24, 2.45) is 0 Å². The predicted molar refractivity (Wildman–Crippen MR) is 98.5 cm³/mol. The Bertz CT molecular complexity index is 823. The van der Waals surface area contributed by atoms with Crippen LogP contribution in [-0.4, -0.2) is 22.4 Å². The first-order chi connectivity index (χ1) is 11.6. The van der Waals surface area contributed by atoms with Crippen molar-refractivity contribution in [1.29, 1.82) is 0 Å². The first-order valence-corrected chi connectivity index (χ1v) is 8.74. The zero-order valence-electron chi connectivity index (χ0n) is 13.7. The summed E-state index contributed by atoms with van der Waals surface area (Å²) in [5, 5.41) is 14.3. The number of rotatable bonds is 5. The zero-order valence-corrected chi connectivity index (χ0v) is 14.6. The smallest absolute Gasteiger partial charge is 0.319 e. The maximum absolute atomic E-state index is 11.9. The van der Waals surface area contributed by atoms with Gasteiger partial charge in [0.1, 0.15) is 0 Å². The Labute approximate surface area is 145 Å². The first-order valence-electron chi connectivity index (χ1n) is 7.80. The maximum atomic E-state index is 11.9. The highest BCUT2D eigenvalue weighted by atomic mass is 32.1. The zero-order chi connectivity index (χ0) is 16.9. The number of aryl methyl sites for hydroxylation is 2. The van der Waals surface area contributed by atoms with E-state index in [0.29, 0.717) is 13.1 Å². The van der Waals surface area contributed by atoms with Gasteiger partial charge >= 0.3 is 6.03 Å². The van der Waals surface area contributed by atoms with Crippen molar-refractivity contribution in [2.45, 2.75) is 20.4 Å². The molecule has 0 bridgehead atoms. The molecular formula is C18H20N4OS. The van der Waals surface area contributed by atoms with Crippen LogP contribution in [-0.2, 0) is 6.54 Å². The van der Waals surface area contributed by atoms with Gasteiger partial charge in [-0.3, -0.25) is 4.68 Å². The van der Waals surface area contributed by atoms with E-state index in [2.05, 4.69) is 21.1 Å². The summed E-state index contributed by atoms with van der Waals surface area (Å²) >= 11 is 1.65. The summed E-state index contributed by atoms with van der Waals surface area (Å²) in [6.07, 6.45) is 1.93. The third-order valence-corrected chi connectivity index (χ3v) is 4.53. The van der Waals surface area contributed by atoms with E-state index in [-0.39, 0.29) is 6.03 Å². The number of urea groups is 1. The number of nitrogens with one attached hydrogen (secondary N) is 2. The Morgan fingerprint density at radius 3 is 2.83 bits per heavy atom. The summed E-state index contributed by atoms with van der Waals surface area (Å²) < 4.78 is 1.84. The molecule has 5 nitrogen and oxygen atoms in total. The average Bonchev–Trinajstić information content (AvgIpc) is 3.22. The molecule has 0 saturated carbocycles. The van der Waals surface area contributed by atoms with Crippen LogP contribution in [0.1, 0.15) is 11.1 Å². The molecule has 0 aliphatic rings. The second-order valence-electron chi connectivity index (χ2n) is 5.66. The van der Waals surface area contributed by atoms with Crippen LogP contribution >= 0.6 is 11.3 Å². The van der Waals surface area contributed by atoms with Crippen molar-refractivity contribution in [2.75, 3.05) is 11.9 Å². The van der Waals surface area contributed by atoms with E-state index in [4.69, 9.17) is 0 Å². The second kappa shape index (κ2) is 7.31. The molecule has 24 heavy (non-hydrogen) atoms. The molecule has 0 aliphatic heterocycles. The number of carbonyl (C=O) groups excluding carboxylic acids is 1. The monoisotopic (exact) mass is 340 g/mol. The van der Waals surface area contributed by atoms with Crippen molar-refractivity contribution in [1.82, 2.24) is 15.1 Å². The fourth-order valence-corrected chi connectivity index (χ4v) is 2.98. The molecule has 124 valence electrons. The molecule has 1 aromatic carbocycles. The highest BCUT2D eigenvalue weighted by Crippen LogP contribution is 2.19. The van der Waals surface area contributed by atoms with Gasteiger partial charge in [-0.15, -0.1) is 0 Å². The van der Waals surface area contributed by atoms with E-state index < -0.39 is 0 Å². The van der Waals surface area contributed by atoms with Gasteiger partial charge in [0.25, 0.3) is 0 Å². The summed E-state index contributed by atoms with van der Waals surface area (Å²) in [5.74, 6) is 0. The van der Waals surface area contributed by atoms with Gasteiger partial charge in [0.15, 0.2) is 0 Å². The van der Waals surface area contributed by atoms with Crippen LogP contribution in [0.5, 0.6) is 0 Å². The molecule has 0 saturated heterocycles. The SMILES string of the molecule is Cc1ccc(NC(=O)NCCn2ccc(-c3ccsc3)n2)cc1C. The number of carbonyl (C=O) groups is 1. The minimum absolute atomic E-state index is 0.205. The number of hydrogen-bond donors (Lipinski definition) is 2. The van der Waals surface area contributed by atoms with Crippen molar-refractivity contribution in [3.05, 3.63) is 58.4 Å². The molecule has 2 N–H and O–H groups in total. The molecule has 2 amide bonds. The van der Waals surface area contributed by atoms with E-state index in [1.165, 1.54) is 5.56 Å². The first kappa shape index (κ1) is 16.3. The molecule has 0 atom stereocenters. The molecule has 0 radical (unpaired) electrons. The number of thiophene rings is 1. The van der Waals surface area contributed by atoms with Gasteiger partial charge in [0, 0.05) is 29.4 Å². The van der Waals surface area contributed by atoms with Gasteiger partial charge in [-0.05, 0) is 54.6 Å². The summed E-state index contributed by atoms with van der Waals surface area (Å²) in [5.41, 5.74) is 5.25. The molecule has 3 rings (SSSR count). The van der Waals surface area contributed by atoms with Crippen LogP contribution in [0.15, 0.2) is 47.3 Å². The van der Waals surface area contributed by atoms with Crippen LogP contribution in [0.4, 0.5) is 10.5 Å². The van der Waals surface area contributed by atoms with Crippen molar-refractivity contribution in [3.8, 4) is 11.3 Å². The van der Waals surface area contributed by atoms with E-state index in [1.54, 1.807) is 11.3 Å². The predicted octanol–water partition coefficient (Wildman–Crippen LogP) is 4.05. The van der Waals surface area contributed by atoms with Gasteiger partial charge in [-0.1, -0.05) is 6.07 Å². The molecule has 0 aliphatic carbocycles. The maximum Gasteiger partial charge on any atom is 0.319 e. The molecule has 3 aromatic rings. The Hall–Kier alpha value is -2.60. The topological polar surface area (TPSA) is 59.0 Å². The Morgan fingerprint density at radius 2 is 2.08 bits per heavy atom. The molecular weight excluding hydrogens is 320 g/mol. The molecule has 6 heteroatoms. The number of anilines is 1. The van der Waals surface area contributed by atoms with Crippen LogP contribution in [0.25, 0.3) is 11.3 Å².